The lowest BCUT2D eigenvalue weighted by atomic mass is 9.74. The number of carbonyl (C=O) groups excluding carboxylic acids is 2. The second kappa shape index (κ2) is 14.6. The van der Waals surface area contributed by atoms with Gasteiger partial charge in [-0.05, 0) is 29.9 Å². The average molecular weight is 687 g/mol. The van der Waals surface area contributed by atoms with E-state index in [1.165, 1.54) is 18.9 Å². The summed E-state index contributed by atoms with van der Waals surface area (Å²) in [5, 5.41) is 13.5. The molecule has 4 fully saturated rings. The van der Waals surface area contributed by atoms with Crippen molar-refractivity contribution in [3.63, 3.8) is 0 Å². The van der Waals surface area contributed by atoms with Gasteiger partial charge in [0.05, 0.1) is 29.6 Å². The molecule has 1 aromatic heterocycles. The molecule has 0 radical (unpaired) electrons. The standard InChI is InChI=1S/C27H34N4O3.C10H8O4S/c32-25(30-24-18-28-14-15-29-24)20-31-16-10-21(11-17-31)23(19-31)34-26(33)27(12-6-1-2-7-13-27)22-8-4-3-5-9-22;11-10-8-4-2-1-3-7(8)5-6-9(10)15(12,13)14/h3-5,8-9,14-15,18,21,23H,1-2,6-7,10-13,16-17,19-20H2;1-6,11H,(H,12,13,14). The van der Waals surface area contributed by atoms with E-state index in [9.17, 15) is 27.7 Å². The van der Waals surface area contributed by atoms with Crippen molar-refractivity contribution in [1.82, 2.24) is 9.97 Å². The van der Waals surface area contributed by atoms with Crippen LogP contribution in [0.3, 0.4) is 0 Å². The van der Waals surface area contributed by atoms with E-state index in [1.807, 2.05) is 18.2 Å². The summed E-state index contributed by atoms with van der Waals surface area (Å²) >= 11 is 0. The first-order valence-corrected chi connectivity index (χ1v) is 18.3. The summed E-state index contributed by atoms with van der Waals surface area (Å²) in [7, 11) is -4.62. The second-order valence-electron chi connectivity index (χ2n) is 13.5. The number of carbonyl (C=O) groups is 2. The van der Waals surface area contributed by atoms with Crippen LogP contribution >= 0.6 is 0 Å². The molecule has 8 rings (SSSR count). The van der Waals surface area contributed by atoms with Crippen molar-refractivity contribution in [2.45, 2.75) is 67.8 Å². The monoisotopic (exact) mass is 686 g/mol. The molecule has 4 heterocycles. The Labute approximate surface area is 286 Å². The number of anilines is 1. The zero-order valence-electron chi connectivity index (χ0n) is 27.4. The zero-order valence-corrected chi connectivity index (χ0v) is 28.2. The molecule has 4 aliphatic rings. The van der Waals surface area contributed by atoms with Crippen molar-refractivity contribution in [2.75, 3.05) is 31.5 Å². The van der Waals surface area contributed by atoms with E-state index in [-0.39, 0.29) is 18.0 Å². The maximum atomic E-state index is 13.9. The predicted octanol–water partition coefficient (Wildman–Crippen LogP) is 5.31. The smallest absolute Gasteiger partial charge is 0.317 e. The predicted molar refractivity (Wildman–Crippen MR) is 182 cm³/mol. The lowest BCUT2D eigenvalue weighted by molar-refractivity contribution is -0.939. The third-order valence-electron chi connectivity index (χ3n) is 10.4. The highest BCUT2D eigenvalue weighted by Gasteiger charge is 2.51. The topological polar surface area (TPSA) is 159 Å². The quantitative estimate of drug-likeness (QED) is 0.114. The molecule has 12 heteroatoms. The van der Waals surface area contributed by atoms with Crippen LogP contribution in [0.5, 0.6) is 5.75 Å². The van der Waals surface area contributed by atoms with Crippen LogP contribution in [0.2, 0.25) is 0 Å². The van der Waals surface area contributed by atoms with E-state index < -0.39 is 26.2 Å². The van der Waals surface area contributed by atoms with Gasteiger partial charge in [0.2, 0.25) is 0 Å². The van der Waals surface area contributed by atoms with Crippen molar-refractivity contribution in [1.29, 1.82) is 0 Å². The van der Waals surface area contributed by atoms with Crippen molar-refractivity contribution in [3.05, 3.63) is 90.9 Å². The number of hydrogen-bond donors (Lipinski definition) is 2. The fraction of sp³-hybridized carbons (Fsp3) is 0.405. The number of phenols is 1. The van der Waals surface area contributed by atoms with Crippen LogP contribution in [-0.2, 0) is 29.9 Å². The number of rotatable bonds is 7. The number of nitrogens with one attached hydrogen (secondary N) is 1. The Hall–Kier alpha value is -4.39. The highest BCUT2D eigenvalue weighted by Crippen LogP contribution is 2.42. The summed E-state index contributed by atoms with van der Waals surface area (Å²) < 4.78 is 39.4. The number of hydrogen-bond acceptors (Lipinski definition) is 9. The van der Waals surface area contributed by atoms with Crippen molar-refractivity contribution >= 4 is 38.6 Å². The Kier molecular flexibility index (Phi) is 10.3. The number of aromatic nitrogens is 2. The number of aromatic hydroxyl groups is 1. The number of amides is 1. The van der Waals surface area contributed by atoms with E-state index in [0.29, 0.717) is 33.5 Å². The molecular formula is C37H42N4O7S. The molecule has 3 aliphatic heterocycles. The summed E-state index contributed by atoms with van der Waals surface area (Å²) in [6.07, 6.45) is 12.8. The number of piperidine rings is 3. The van der Waals surface area contributed by atoms with E-state index in [0.717, 1.165) is 69.8 Å². The van der Waals surface area contributed by atoms with Crippen LogP contribution in [0.1, 0.15) is 56.9 Å². The largest absolute Gasteiger partial charge is 0.744 e. The summed E-state index contributed by atoms with van der Waals surface area (Å²) in [5.41, 5.74) is 0.549. The number of ether oxygens (including phenoxy) is 1. The van der Waals surface area contributed by atoms with Gasteiger partial charge in [-0.25, -0.2) is 13.4 Å². The molecule has 1 amide bonds. The number of fused-ring (bicyclic) bond motifs is 4. The molecule has 1 atom stereocenters. The second-order valence-corrected chi connectivity index (χ2v) is 14.8. The third-order valence-corrected chi connectivity index (χ3v) is 11.3. The first kappa shape index (κ1) is 34.5. The average Bonchev–Trinajstić information content (AvgIpc) is 3.37. The zero-order chi connectivity index (χ0) is 34.5. The number of benzene rings is 3. The summed E-state index contributed by atoms with van der Waals surface area (Å²) in [5.74, 6) is 0.268. The lowest BCUT2D eigenvalue weighted by Gasteiger charge is -2.52. The van der Waals surface area contributed by atoms with Gasteiger partial charge in [-0.2, -0.15) is 0 Å². The fourth-order valence-electron chi connectivity index (χ4n) is 7.81. The van der Waals surface area contributed by atoms with Gasteiger partial charge >= 0.3 is 5.97 Å². The van der Waals surface area contributed by atoms with Gasteiger partial charge in [-0.3, -0.25) is 14.6 Å². The van der Waals surface area contributed by atoms with Crippen molar-refractivity contribution < 1.29 is 36.9 Å². The molecule has 1 saturated carbocycles. The molecule has 2 bridgehead atoms. The Morgan fingerprint density at radius 1 is 0.939 bits per heavy atom. The van der Waals surface area contributed by atoms with Crippen LogP contribution < -0.4 is 5.32 Å². The van der Waals surface area contributed by atoms with Crippen LogP contribution in [-0.4, -0.2) is 76.7 Å². The third kappa shape index (κ3) is 7.76. The van der Waals surface area contributed by atoms with Gasteiger partial charge in [0.1, 0.15) is 22.4 Å². The maximum Gasteiger partial charge on any atom is 0.317 e. The highest BCUT2D eigenvalue weighted by molar-refractivity contribution is 7.85. The summed E-state index contributed by atoms with van der Waals surface area (Å²) in [6, 6.07) is 19.5. The number of phenolic OH excluding ortho intramolecular Hbond substituents is 1. The molecule has 1 unspecified atom stereocenters. The molecule has 49 heavy (non-hydrogen) atoms. The van der Waals surface area contributed by atoms with Crippen molar-refractivity contribution in [2.24, 2.45) is 5.92 Å². The van der Waals surface area contributed by atoms with E-state index in [2.05, 4.69) is 27.4 Å². The molecule has 3 aromatic carbocycles. The molecule has 11 nitrogen and oxygen atoms in total. The van der Waals surface area contributed by atoms with Crippen LogP contribution in [0, 0.1) is 5.92 Å². The van der Waals surface area contributed by atoms with Gasteiger partial charge in [0.25, 0.3) is 5.91 Å². The first-order valence-electron chi connectivity index (χ1n) is 16.9. The fourth-order valence-corrected chi connectivity index (χ4v) is 8.40. The van der Waals surface area contributed by atoms with E-state index >= 15 is 0 Å². The molecule has 0 spiro atoms. The Morgan fingerprint density at radius 3 is 2.31 bits per heavy atom. The van der Waals surface area contributed by atoms with Gasteiger partial charge in [-0.15, -0.1) is 0 Å². The minimum absolute atomic E-state index is 0.0542. The van der Waals surface area contributed by atoms with Crippen LogP contribution in [0.15, 0.2) is 90.2 Å². The Morgan fingerprint density at radius 2 is 1.63 bits per heavy atom. The molecule has 2 N–H and O–H groups in total. The van der Waals surface area contributed by atoms with Gasteiger partial charge < -0.3 is 24.2 Å². The van der Waals surface area contributed by atoms with Gasteiger partial charge in [-0.1, -0.05) is 86.3 Å². The Bertz CT molecular complexity index is 1870. The molecule has 1 aliphatic carbocycles. The number of quaternary nitrogens is 1. The number of nitrogens with zero attached hydrogens (tertiary/aromatic N) is 3. The maximum absolute atomic E-state index is 13.9. The molecule has 4 aromatic rings. The number of esters is 1. The van der Waals surface area contributed by atoms with Crippen LogP contribution in [0.4, 0.5) is 5.82 Å². The van der Waals surface area contributed by atoms with Gasteiger partial charge in [0, 0.05) is 36.5 Å². The highest BCUT2D eigenvalue weighted by atomic mass is 32.2. The van der Waals surface area contributed by atoms with Crippen LogP contribution in [0.25, 0.3) is 10.8 Å². The normalized spacial score (nSPS) is 23.0. The first-order chi connectivity index (χ1) is 23.6. The SMILES string of the molecule is O=C(C[N+]12CCC(CC1)C(OC(=O)C1(c3ccccc3)CCCCCC1)C2)Nc1cnccn1.O=S(=O)([O-])c1ccc2ccccc2c1O. The van der Waals surface area contributed by atoms with E-state index in [4.69, 9.17) is 4.74 Å². The lowest BCUT2D eigenvalue weighted by Crippen LogP contribution is -2.66. The van der Waals surface area contributed by atoms with E-state index in [1.54, 1.807) is 42.9 Å². The van der Waals surface area contributed by atoms with Gasteiger partial charge in [0.15, 0.2) is 18.5 Å². The Balaban J connectivity index is 0.000000232. The van der Waals surface area contributed by atoms with Crippen molar-refractivity contribution in [3.8, 4) is 5.75 Å². The minimum Gasteiger partial charge on any atom is -0.744 e. The minimum atomic E-state index is -4.62. The molecule has 258 valence electrons. The summed E-state index contributed by atoms with van der Waals surface area (Å²) in [6.45, 7) is 3.00. The molecule has 3 saturated heterocycles. The molecular weight excluding hydrogens is 644 g/mol. The summed E-state index contributed by atoms with van der Waals surface area (Å²) in [4.78, 5) is 34.3.